The summed E-state index contributed by atoms with van der Waals surface area (Å²) in [4.78, 5) is 23.2. The van der Waals surface area contributed by atoms with Gasteiger partial charge in [-0.25, -0.2) is 9.37 Å². The van der Waals surface area contributed by atoms with E-state index < -0.39 is 5.67 Å². The highest BCUT2D eigenvalue weighted by Crippen LogP contribution is 2.28. The van der Waals surface area contributed by atoms with Crippen molar-refractivity contribution in [3.05, 3.63) is 70.4 Å². The van der Waals surface area contributed by atoms with Crippen molar-refractivity contribution in [2.75, 3.05) is 37.3 Å². The Bertz CT molecular complexity index is 1210. The molecule has 3 N–H and O–H groups in total. The number of aromatic nitrogens is 2. The van der Waals surface area contributed by atoms with Gasteiger partial charge in [0.1, 0.15) is 10.7 Å². The van der Waals surface area contributed by atoms with E-state index >= 15 is 0 Å². The number of halogens is 2. The van der Waals surface area contributed by atoms with Crippen LogP contribution < -0.4 is 16.0 Å². The quantitative estimate of drug-likeness (QED) is 0.421. The van der Waals surface area contributed by atoms with Crippen molar-refractivity contribution in [1.29, 1.82) is 0 Å². The molecule has 7 nitrogen and oxygen atoms in total. The number of anilines is 4. The molecular weight excluding hydrogens is 467 g/mol. The van der Waals surface area contributed by atoms with Crippen LogP contribution in [0, 0.1) is 0 Å². The molecule has 1 amide bonds. The molecule has 0 bridgehead atoms. The number of nitrogens with one attached hydrogen (secondary N) is 3. The lowest BCUT2D eigenvalue weighted by Gasteiger charge is -2.25. The minimum atomic E-state index is -1.21. The van der Waals surface area contributed by atoms with Gasteiger partial charge in [-0.3, -0.25) is 9.69 Å². The molecular formula is C26H30ClFN6O. The lowest BCUT2D eigenvalue weighted by molar-refractivity contribution is 0.0964. The SMILES string of the molecule is CNC(=O)c1ccccc1Nc1nc(Nc2ccc3c(c2)CCN(CC(C)(C)F)CC3)ncc1Cl. The summed E-state index contributed by atoms with van der Waals surface area (Å²) in [5, 5.41) is 9.36. The summed E-state index contributed by atoms with van der Waals surface area (Å²) in [6.07, 6.45) is 3.26. The Morgan fingerprint density at radius 1 is 1.11 bits per heavy atom. The predicted molar refractivity (Wildman–Crippen MR) is 139 cm³/mol. The number of para-hydroxylation sites is 1. The highest BCUT2D eigenvalue weighted by Gasteiger charge is 2.22. The van der Waals surface area contributed by atoms with Crippen LogP contribution >= 0.6 is 11.6 Å². The van der Waals surface area contributed by atoms with E-state index in [9.17, 15) is 9.18 Å². The highest BCUT2D eigenvalue weighted by molar-refractivity contribution is 6.33. The molecule has 0 aliphatic carbocycles. The van der Waals surface area contributed by atoms with Gasteiger partial charge in [-0.2, -0.15) is 4.98 Å². The van der Waals surface area contributed by atoms with Crippen LogP contribution in [0.2, 0.25) is 5.02 Å². The van der Waals surface area contributed by atoms with Gasteiger partial charge in [0.2, 0.25) is 5.95 Å². The molecule has 35 heavy (non-hydrogen) atoms. The molecule has 4 rings (SSSR count). The lowest BCUT2D eigenvalue weighted by atomic mass is 10.0. The second-order valence-electron chi connectivity index (χ2n) is 9.24. The number of carbonyl (C=O) groups excluding carboxylic acids is 1. The summed E-state index contributed by atoms with van der Waals surface area (Å²) >= 11 is 6.34. The largest absolute Gasteiger partial charge is 0.355 e. The maximum atomic E-state index is 14.1. The van der Waals surface area contributed by atoms with E-state index in [1.807, 2.05) is 12.1 Å². The van der Waals surface area contributed by atoms with Gasteiger partial charge in [-0.05, 0) is 62.1 Å². The lowest BCUT2D eigenvalue weighted by Crippen LogP contribution is -2.37. The fourth-order valence-corrected chi connectivity index (χ4v) is 4.37. The summed E-state index contributed by atoms with van der Waals surface area (Å²) < 4.78 is 14.1. The number of alkyl halides is 1. The normalized spacial score (nSPS) is 14.1. The summed E-state index contributed by atoms with van der Waals surface area (Å²) in [6.45, 7) is 5.35. The van der Waals surface area contributed by atoms with Crippen molar-refractivity contribution < 1.29 is 9.18 Å². The predicted octanol–water partition coefficient (Wildman–Crippen LogP) is 5.13. The molecule has 3 aromatic rings. The minimum absolute atomic E-state index is 0.213. The molecule has 0 spiro atoms. The van der Waals surface area contributed by atoms with Gasteiger partial charge in [0.15, 0.2) is 5.82 Å². The van der Waals surface area contributed by atoms with Crippen molar-refractivity contribution in [3.63, 3.8) is 0 Å². The van der Waals surface area contributed by atoms with Crippen LogP contribution in [-0.2, 0) is 12.8 Å². The fourth-order valence-electron chi connectivity index (χ4n) is 4.24. The first kappa shape index (κ1) is 24.9. The Morgan fingerprint density at radius 2 is 1.86 bits per heavy atom. The van der Waals surface area contributed by atoms with Crippen LogP contribution in [0.4, 0.5) is 27.5 Å². The molecule has 2 aromatic carbocycles. The van der Waals surface area contributed by atoms with E-state index in [2.05, 4.69) is 43.0 Å². The summed E-state index contributed by atoms with van der Waals surface area (Å²) in [5.41, 5.74) is 3.24. The Labute approximate surface area is 210 Å². The topological polar surface area (TPSA) is 82.2 Å². The molecule has 0 fully saturated rings. The average Bonchev–Trinajstić information content (AvgIpc) is 3.02. The zero-order valence-electron chi connectivity index (χ0n) is 20.2. The summed E-state index contributed by atoms with van der Waals surface area (Å²) in [7, 11) is 1.58. The number of nitrogens with zero attached hydrogens (tertiary/aromatic N) is 3. The average molecular weight is 497 g/mol. The van der Waals surface area contributed by atoms with Crippen LogP contribution in [-0.4, -0.2) is 53.1 Å². The van der Waals surface area contributed by atoms with E-state index in [4.69, 9.17) is 11.6 Å². The smallest absolute Gasteiger partial charge is 0.253 e. The van der Waals surface area contributed by atoms with Gasteiger partial charge in [0.05, 0.1) is 17.4 Å². The van der Waals surface area contributed by atoms with Gasteiger partial charge in [-0.15, -0.1) is 0 Å². The zero-order valence-corrected chi connectivity index (χ0v) is 20.9. The minimum Gasteiger partial charge on any atom is -0.355 e. The second-order valence-corrected chi connectivity index (χ2v) is 9.65. The Morgan fingerprint density at radius 3 is 2.60 bits per heavy atom. The van der Waals surface area contributed by atoms with Gasteiger partial charge in [0.25, 0.3) is 5.91 Å². The molecule has 0 unspecified atom stereocenters. The van der Waals surface area contributed by atoms with Gasteiger partial charge >= 0.3 is 0 Å². The first-order chi connectivity index (χ1) is 16.7. The molecule has 184 valence electrons. The Hall–Kier alpha value is -3.23. The van der Waals surface area contributed by atoms with Gasteiger partial charge in [0, 0.05) is 32.4 Å². The van der Waals surface area contributed by atoms with E-state index in [0.717, 1.165) is 31.6 Å². The van der Waals surface area contributed by atoms with Crippen LogP contribution in [0.3, 0.4) is 0 Å². The second kappa shape index (κ2) is 10.6. The third-order valence-corrected chi connectivity index (χ3v) is 6.13. The van der Waals surface area contributed by atoms with Crippen LogP contribution in [0.25, 0.3) is 0 Å². The van der Waals surface area contributed by atoms with Crippen molar-refractivity contribution in [3.8, 4) is 0 Å². The molecule has 1 aromatic heterocycles. The summed E-state index contributed by atoms with van der Waals surface area (Å²) in [5.74, 6) is 0.554. The van der Waals surface area contributed by atoms with E-state index in [1.165, 1.54) is 17.3 Å². The van der Waals surface area contributed by atoms with Crippen molar-refractivity contribution in [2.24, 2.45) is 0 Å². The standard InChI is InChI=1S/C26H30ClFN6O/c1-26(2,28)16-34-12-10-17-8-9-19(14-18(17)11-13-34)31-25-30-15-21(27)23(33-25)32-22-7-5-4-6-20(22)24(35)29-3/h4-9,14-15H,10-13,16H2,1-3H3,(H,29,35)(H2,30,31,32,33). The van der Waals surface area contributed by atoms with Gasteiger partial charge in [-0.1, -0.05) is 29.8 Å². The fraction of sp³-hybridized carbons (Fsp3) is 0.346. The molecule has 0 saturated carbocycles. The zero-order chi connectivity index (χ0) is 25.0. The first-order valence-electron chi connectivity index (χ1n) is 11.6. The molecule has 0 atom stereocenters. The van der Waals surface area contributed by atoms with Gasteiger partial charge < -0.3 is 16.0 Å². The van der Waals surface area contributed by atoms with E-state index in [0.29, 0.717) is 34.6 Å². The van der Waals surface area contributed by atoms with Crippen molar-refractivity contribution in [2.45, 2.75) is 32.4 Å². The number of fused-ring (bicyclic) bond motifs is 1. The van der Waals surface area contributed by atoms with E-state index in [1.54, 1.807) is 39.1 Å². The molecule has 2 heterocycles. The first-order valence-corrected chi connectivity index (χ1v) is 12.0. The maximum Gasteiger partial charge on any atom is 0.253 e. The number of rotatable bonds is 7. The van der Waals surface area contributed by atoms with Crippen molar-refractivity contribution >= 4 is 40.6 Å². The Balaban J connectivity index is 1.50. The maximum absolute atomic E-state index is 14.1. The highest BCUT2D eigenvalue weighted by atomic mass is 35.5. The van der Waals surface area contributed by atoms with Crippen molar-refractivity contribution in [1.82, 2.24) is 20.2 Å². The molecule has 9 heteroatoms. The number of hydrogen-bond donors (Lipinski definition) is 3. The summed E-state index contributed by atoms with van der Waals surface area (Å²) in [6, 6.07) is 13.3. The molecule has 0 radical (unpaired) electrons. The number of carbonyl (C=O) groups is 1. The van der Waals surface area contributed by atoms with Crippen LogP contribution in [0.5, 0.6) is 0 Å². The Kier molecular flexibility index (Phi) is 7.52. The monoisotopic (exact) mass is 496 g/mol. The number of hydrogen-bond acceptors (Lipinski definition) is 6. The third-order valence-electron chi connectivity index (χ3n) is 5.85. The molecule has 0 saturated heterocycles. The third kappa shape index (κ3) is 6.46. The van der Waals surface area contributed by atoms with Crippen LogP contribution in [0.1, 0.15) is 35.3 Å². The van der Waals surface area contributed by atoms with Crippen LogP contribution in [0.15, 0.2) is 48.7 Å². The number of amides is 1. The molecule has 1 aliphatic heterocycles. The van der Waals surface area contributed by atoms with E-state index in [-0.39, 0.29) is 5.91 Å². The number of benzene rings is 2. The molecule has 1 aliphatic rings.